The van der Waals surface area contributed by atoms with Crippen LogP contribution >= 0.6 is 0 Å². The average Bonchev–Trinajstić information content (AvgIpc) is 3.70. The van der Waals surface area contributed by atoms with Crippen molar-refractivity contribution in [1.82, 2.24) is 25.1 Å². The Hall–Kier alpha value is -5.38. The minimum Gasteiger partial charge on any atom is -0.444 e. The van der Waals surface area contributed by atoms with E-state index in [0.717, 1.165) is 0 Å². The molecule has 2 unspecified atom stereocenters. The summed E-state index contributed by atoms with van der Waals surface area (Å²) in [4.78, 5) is 76.0. The van der Waals surface area contributed by atoms with Crippen LogP contribution in [-0.2, 0) is 14.3 Å². The molecule has 4 amide bonds. The van der Waals surface area contributed by atoms with Gasteiger partial charge < -0.3 is 25.1 Å². The van der Waals surface area contributed by atoms with Crippen LogP contribution in [-0.4, -0.2) is 86.4 Å². The van der Waals surface area contributed by atoms with Gasteiger partial charge in [0.25, 0.3) is 5.91 Å². The smallest absolute Gasteiger partial charge is 0.410 e. The van der Waals surface area contributed by atoms with Crippen LogP contribution in [0, 0.1) is 12.3 Å². The molecular weight excluding hydrogens is 640 g/mol. The van der Waals surface area contributed by atoms with E-state index in [1.165, 1.54) is 15.9 Å². The lowest BCUT2D eigenvalue weighted by molar-refractivity contribution is -0.120. The van der Waals surface area contributed by atoms with Crippen LogP contribution in [0.4, 0.5) is 15.3 Å². The molecule has 1 fully saturated rings. The molecule has 3 aromatic rings. The van der Waals surface area contributed by atoms with Gasteiger partial charge in [0.15, 0.2) is 5.78 Å². The fourth-order valence-corrected chi connectivity index (χ4v) is 5.46. The number of terminal acetylenes is 1. The fourth-order valence-electron chi connectivity index (χ4n) is 5.46. The predicted molar refractivity (Wildman–Crippen MR) is 189 cm³/mol. The summed E-state index contributed by atoms with van der Waals surface area (Å²) in [5.41, 5.74) is 0.447. The third kappa shape index (κ3) is 9.62. The molecule has 2 heterocycles. The van der Waals surface area contributed by atoms with Gasteiger partial charge in [-0.05, 0) is 85.6 Å². The fraction of sp³-hybridized carbons (Fsp3) is 0.459. The standard InChI is InChI=1S/C37H46N6O7/c1-9-10-19-42(34(47)49-36(3,4)5)23(2)31-40-27-17-12-16-26(30(27)41-31)32(45)38-22-29(44)24-14-11-15-25(21-24)39-33(46)28-18-13-20-43(28)35(48)50-37(6,7)8/h1,11-12,14-17,21,23,28H,10,13,18-20,22H2,2-8H3,(H,38,45)(H,39,46)(H,40,41). The van der Waals surface area contributed by atoms with Crippen molar-refractivity contribution in [2.45, 2.75) is 91.0 Å². The zero-order valence-corrected chi connectivity index (χ0v) is 29.7. The number of anilines is 1. The van der Waals surface area contributed by atoms with Gasteiger partial charge in [0.1, 0.15) is 28.6 Å². The summed E-state index contributed by atoms with van der Waals surface area (Å²) in [6, 6.07) is 10.2. The average molecular weight is 687 g/mol. The molecule has 50 heavy (non-hydrogen) atoms. The number of ether oxygens (including phenoxy) is 2. The molecule has 0 bridgehead atoms. The van der Waals surface area contributed by atoms with Crippen LogP contribution in [0.5, 0.6) is 0 Å². The number of imidazole rings is 1. The van der Waals surface area contributed by atoms with Crippen LogP contribution in [0.3, 0.4) is 0 Å². The predicted octanol–water partition coefficient (Wildman–Crippen LogP) is 5.84. The lowest BCUT2D eigenvalue weighted by atomic mass is 10.1. The molecule has 13 heteroatoms. The summed E-state index contributed by atoms with van der Waals surface area (Å²) in [7, 11) is 0. The lowest BCUT2D eigenvalue weighted by Gasteiger charge is -2.30. The van der Waals surface area contributed by atoms with E-state index < -0.39 is 41.4 Å². The van der Waals surface area contributed by atoms with Crippen molar-refractivity contribution < 1.29 is 33.4 Å². The van der Waals surface area contributed by atoms with Crippen molar-refractivity contribution in [2.24, 2.45) is 0 Å². The highest BCUT2D eigenvalue weighted by Crippen LogP contribution is 2.26. The van der Waals surface area contributed by atoms with Crippen molar-refractivity contribution in [1.29, 1.82) is 0 Å². The minimum atomic E-state index is -0.711. The SMILES string of the molecule is C#CCCN(C(=O)OC(C)(C)C)C(C)c1nc2c(C(=O)NCC(=O)c3cccc(NC(=O)C4CCCN4C(=O)OC(C)(C)C)c3)cccc2[nH]1. The number of nitrogens with one attached hydrogen (secondary N) is 3. The normalized spacial score (nSPS) is 15.2. The molecule has 0 spiro atoms. The molecule has 0 radical (unpaired) electrons. The summed E-state index contributed by atoms with van der Waals surface area (Å²) in [6.45, 7) is 12.8. The number of carbonyl (C=O) groups is 5. The van der Waals surface area contributed by atoms with Gasteiger partial charge in [-0.3, -0.25) is 24.2 Å². The van der Waals surface area contributed by atoms with E-state index in [0.29, 0.717) is 48.4 Å². The van der Waals surface area contributed by atoms with Gasteiger partial charge in [-0.1, -0.05) is 18.2 Å². The summed E-state index contributed by atoms with van der Waals surface area (Å²) in [5.74, 6) is 1.71. The number of ketones is 1. The number of rotatable bonds is 10. The number of amides is 4. The van der Waals surface area contributed by atoms with Crippen molar-refractivity contribution in [2.75, 3.05) is 25.0 Å². The lowest BCUT2D eigenvalue weighted by Crippen LogP contribution is -2.45. The maximum atomic E-state index is 13.3. The van der Waals surface area contributed by atoms with E-state index >= 15 is 0 Å². The van der Waals surface area contributed by atoms with Crippen LogP contribution < -0.4 is 10.6 Å². The number of H-pyrrole nitrogens is 1. The second kappa shape index (κ2) is 15.4. The highest BCUT2D eigenvalue weighted by molar-refractivity contribution is 6.08. The monoisotopic (exact) mass is 686 g/mol. The van der Waals surface area contributed by atoms with E-state index in [4.69, 9.17) is 15.9 Å². The summed E-state index contributed by atoms with van der Waals surface area (Å²) >= 11 is 0. The Morgan fingerprint density at radius 2 is 1.76 bits per heavy atom. The number of nitrogens with zero attached hydrogens (tertiary/aromatic N) is 3. The first-order valence-corrected chi connectivity index (χ1v) is 16.6. The van der Waals surface area contributed by atoms with E-state index in [-0.39, 0.29) is 35.9 Å². The van der Waals surface area contributed by atoms with Crippen LogP contribution in [0.1, 0.15) is 100 Å². The van der Waals surface area contributed by atoms with Gasteiger partial charge >= 0.3 is 12.2 Å². The molecule has 4 rings (SSSR count). The second-order valence-electron chi connectivity index (χ2n) is 14.1. The number of benzene rings is 2. The molecule has 0 saturated carbocycles. The zero-order chi connectivity index (χ0) is 36.8. The maximum Gasteiger partial charge on any atom is 0.410 e. The van der Waals surface area contributed by atoms with Gasteiger partial charge in [0, 0.05) is 30.8 Å². The highest BCUT2D eigenvalue weighted by Gasteiger charge is 2.37. The number of aromatic amines is 1. The molecule has 3 N–H and O–H groups in total. The van der Waals surface area contributed by atoms with Crippen molar-refractivity contribution in [3.63, 3.8) is 0 Å². The number of hydrogen-bond donors (Lipinski definition) is 3. The Balaban J connectivity index is 1.42. The Morgan fingerprint density at radius 1 is 1.06 bits per heavy atom. The third-order valence-corrected chi connectivity index (χ3v) is 7.81. The van der Waals surface area contributed by atoms with Crippen molar-refractivity contribution in [3.05, 3.63) is 59.4 Å². The summed E-state index contributed by atoms with van der Waals surface area (Å²) in [5, 5.41) is 5.47. The van der Waals surface area contributed by atoms with E-state index in [1.54, 1.807) is 84.9 Å². The number of para-hydroxylation sites is 1. The van der Waals surface area contributed by atoms with Gasteiger partial charge in [0.2, 0.25) is 5.91 Å². The molecule has 266 valence electrons. The largest absolute Gasteiger partial charge is 0.444 e. The Kier molecular flexibility index (Phi) is 11.6. The van der Waals surface area contributed by atoms with Crippen LogP contribution in [0.15, 0.2) is 42.5 Å². The topological polar surface area (TPSA) is 163 Å². The number of hydrogen-bond acceptors (Lipinski definition) is 8. The number of aromatic nitrogens is 2. The third-order valence-electron chi connectivity index (χ3n) is 7.81. The quantitative estimate of drug-likeness (QED) is 0.177. The Morgan fingerprint density at radius 3 is 2.44 bits per heavy atom. The maximum absolute atomic E-state index is 13.3. The molecule has 2 aromatic carbocycles. The van der Waals surface area contributed by atoms with Gasteiger partial charge in [0.05, 0.1) is 23.7 Å². The molecule has 1 aromatic heterocycles. The van der Waals surface area contributed by atoms with Crippen molar-refractivity contribution in [3.8, 4) is 12.3 Å². The number of likely N-dealkylation sites (tertiary alicyclic amines) is 1. The molecular formula is C37H46N6O7. The van der Waals surface area contributed by atoms with Gasteiger partial charge in [-0.2, -0.15) is 0 Å². The van der Waals surface area contributed by atoms with Gasteiger partial charge in [-0.25, -0.2) is 14.6 Å². The summed E-state index contributed by atoms with van der Waals surface area (Å²) < 4.78 is 11.0. The number of Topliss-reactive ketones (excluding diaryl/α,β-unsaturated/α-hetero) is 1. The van der Waals surface area contributed by atoms with Gasteiger partial charge in [-0.15, -0.1) is 12.3 Å². The molecule has 1 saturated heterocycles. The van der Waals surface area contributed by atoms with E-state index in [1.807, 2.05) is 0 Å². The molecule has 0 aliphatic carbocycles. The summed E-state index contributed by atoms with van der Waals surface area (Å²) in [6.07, 6.45) is 5.85. The highest BCUT2D eigenvalue weighted by atomic mass is 16.6. The van der Waals surface area contributed by atoms with Crippen molar-refractivity contribution >= 4 is 46.5 Å². The zero-order valence-electron chi connectivity index (χ0n) is 29.7. The van der Waals surface area contributed by atoms with Crippen LogP contribution in [0.25, 0.3) is 11.0 Å². The Bertz CT molecular complexity index is 1800. The second-order valence-corrected chi connectivity index (χ2v) is 14.1. The first-order valence-electron chi connectivity index (χ1n) is 16.6. The van der Waals surface area contributed by atoms with E-state index in [2.05, 4.69) is 26.5 Å². The first kappa shape index (κ1) is 37.4. The minimum absolute atomic E-state index is 0.240. The number of carbonyl (C=O) groups excluding carboxylic acids is 5. The molecule has 2 atom stereocenters. The number of fused-ring (bicyclic) bond motifs is 1. The van der Waals surface area contributed by atoms with Crippen LogP contribution in [0.2, 0.25) is 0 Å². The first-order chi connectivity index (χ1) is 23.5. The molecule has 13 nitrogen and oxygen atoms in total. The Labute approximate surface area is 292 Å². The van der Waals surface area contributed by atoms with E-state index in [9.17, 15) is 24.0 Å². The molecule has 1 aliphatic heterocycles. The molecule has 1 aliphatic rings.